The van der Waals surface area contributed by atoms with Crippen molar-refractivity contribution in [2.75, 3.05) is 13.1 Å². The molecule has 0 atom stereocenters. The zero-order valence-electron chi connectivity index (χ0n) is 6.78. The summed E-state index contributed by atoms with van der Waals surface area (Å²) in [6.45, 7) is 5.08. The highest BCUT2D eigenvalue weighted by atomic mass is 127. The smallest absolute Gasteiger partial charge is 0.237 e. The Hall–Kier alpha value is 0.120. The van der Waals surface area contributed by atoms with Gasteiger partial charge in [-0.2, -0.15) is 0 Å². The van der Waals surface area contributed by atoms with E-state index in [1.807, 2.05) is 0 Å². The van der Waals surface area contributed by atoms with E-state index in [9.17, 15) is 4.79 Å². The predicted molar refractivity (Wildman–Crippen MR) is 53.3 cm³/mol. The standard InChI is InChI=1S/C6H14IN3O/c1-6(2,5(8)11)9-3-4-10-7/h9-10H,3-4H2,1-2H3,(H2,8,11). The summed E-state index contributed by atoms with van der Waals surface area (Å²) >= 11 is 2.05. The lowest BCUT2D eigenvalue weighted by Gasteiger charge is -2.21. The molecular weight excluding hydrogens is 257 g/mol. The van der Waals surface area contributed by atoms with Crippen LogP contribution < -0.4 is 14.6 Å². The van der Waals surface area contributed by atoms with Crippen molar-refractivity contribution in [2.45, 2.75) is 19.4 Å². The maximum atomic E-state index is 10.8. The highest BCUT2D eigenvalue weighted by Gasteiger charge is 2.22. The quantitative estimate of drug-likeness (QED) is 0.368. The Morgan fingerprint density at radius 3 is 2.45 bits per heavy atom. The number of carbonyl (C=O) groups excluding carboxylic acids is 1. The zero-order chi connectivity index (χ0) is 8.91. The number of hydrogen-bond acceptors (Lipinski definition) is 3. The molecule has 0 unspecified atom stereocenters. The summed E-state index contributed by atoms with van der Waals surface area (Å²) in [5.41, 5.74) is 4.53. The lowest BCUT2D eigenvalue weighted by Crippen LogP contribution is -2.51. The van der Waals surface area contributed by atoms with Crippen LogP contribution in [0.3, 0.4) is 0 Å². The number of hydrogen-bond donors (Lipinski definition) is 3. The Bertz CT molecular complexity index is 138. The van der Waals surface area contributed by atoms with Crippen molar-refractivity contribution in [1.82, 2.24) is 8.85 Å². The lowest BCUT2D eigenvalue weighted by atomic mass is 10.1. The third-order valence-electron chi connectivity index (χ3n) is 1.40. The van der Waals surface area contributed by atoms with Crippen LogP contribution in [0.1, 0.15) is 13.8 Å². The molecule has 1 amide bonds. The molecular formula is C6H14IN3O. The molecule has 0 aliphatic rings. The molecule has 0 fully saturated rings. The van der Waals surface area contributed by atoms with E-state index in [0.29, 0.717) is 0 Å². The summed E-state index contributed by atoms with van der Waals surface area (Å²) in [6.07, 6.45) is 0. The number of nitrogens with two attached hydrogens (primary N) is 1. The highest BCUT2D eigenvalue weighted by molar-refractivity contribution is 14.1. The Balaban J connectivity index is 3.64. The van der Waals surface area contributed by atoms with E-state index >= 15 is 0 Å². The zero-order valence-corrected chi connectivity index (χ0v) is 8.94. The summed E-state index contributed by atoms with van der Waals surface area (Å²) in [5.74, 6) is -0.328. The number of nitrogens with one attached hydrogen (secondary N) is 2. The van der Waals surface area contributed by atoms with Crippen LogP contribution in [0.5, 0.6) is 0 Å². The minimum Gasteiger partial charge on any atom is -0.368 e. The molecule has 0 aliphatic carbocycles. The lowest BCUT2D eigenvalue weighted by molar-refractivity contribution is -0.123. The van der Waals surface area contributed by atoms with E-state index in [4.69, 9.17) is 5.73 Å². The van der Waals surface area contributed by atoms with Gasteiger partial charge in [0.15, 0.2) is 0 Å². The second-order valence-electron chi connectivity index (χ2n) is 2.80. The van der Waals surface area contributed by atoms with Crippen LogP contribution in [0.4, 0.5) is 0 Å². The van der Waals surface area contributed by atoms with Gasteiger partial charge in [-0.25, -0.2) is 0 Å². The largest absolute Gasteiger partial charge is 0.368 e. The van der Waals surface area contributed by atoms with Gasteiger partial charge in [0.1, 0.15) is 0 Å². The van der Waals surface area contributed by atoms with Crippen LogP contribution >= 0.6 is 22.9 Å². The van der Waals surface area contributed by atoms with E-state index in [1.165, 1.54) is 0 Å². The Kier molecular flexibility index (Phi) is 4.94. The molecule has 0 aromatic heterocycles. The summed E-state index contributed by atoms with van der Waals surface area (Å²) in [6, 6.07) is 0. The minimum absolute atomic E-state index is 0.328. The van der Waals surface area contributed by atoms with Crippen molar-refractivity contribution in [3.8, 4) is 0 Å². The van der Waals surface area contributed by atoms with Crippen molar-refractivity contribution in [3.63, 3.8) is 0 Å². The SMILES string of the molecule is CC(C)(NCCNI)C(N)=O. The predicted octanol–water partition coefficient (Wildman–Crippen LogP) is -0.221. The number of carbonyl (C=O) groups is 1. The summed E-state index contributed by atoms with van der Waals surface area (Å²) in [4.78, 5) is 10.8. The maximum Gasteiger partial charge on any atom is 0.237 e. The van der Waals surface area contributed by atoms with Gasteiger partial charge in [-0.1, -0.05) is 0 Å². The minimum atomic E-state index is -0.604. The maximum absolute atomic E-state index is 10.8. The summed E-state index contributed by atoms with van der Waals surface area (Å²) in [7, 11) is 0. The Morgan fingerprint density at radius 1 is 1.55 bits per heavy atom. The molecule has 0 heterocycles. The van der Waals surface area contributed by atoms with E-state index < -0.39 is 5.54 Å². The van der Waals surface area contributed by atoms with Crippen molar-refractivity contribution >= 4 is 28.8 Å². The van der Waals surface area contributed by atoms with Crippen LogP contribution in [0, 0.1) is 0 Å². The van der Waals surface area contributed by atoms with Crippen molar-refractivity contribution < 1.29 is 4.79 Å². The molecule has 4 nitrogen and oxygen atoms in total. The number of halogens is 1. The second-order valence-corrected chi connectivity index (χ2v) is 3.56. The van der Waals surface area contributed by atoms with Crippen molar-refractivity contribution in [3.05, 3.63) is 0 Å². The molecule has 0 aliphatic heterocycles. The first-order chi connectivity index (χ1) is 5.00. The van der Waals surface area contributed by atoms with Gasteiger partial charge in [0.25, 0.3) is 0 Å². The van der Waals surface area contributed by atoms with Gasteiger partial charge >= 0.3 is 0 Å². The fraction of sp³-hybridized carbons (Fsp3) is 0.833. The van der Waals surface area contributed by atoms with Crippen LogP contribution in [0.25, 0.3) is 0 Å². The number of rotatable bonds is 5. The van der Waals surface area contributed by atoms with E-state index in [2.05, 4.69) is 31.7 Å². The molecule has 0 aromatic carbocycles. The third-order valence-corrected chi connectivity index (χ3v) is 1.94. The molecule has 0 rings (SSSR count). The third kappa shape index (κ3) is 4.54. The molecule has 0 saturated carbocycles. The molecule has 0 saturated heterocycles. The van der Waals surface area contributed by atoms with Gasteiger partial charge in [0.2, 0.25) is 5.91 Å². The van der Waals surface area contributed by atoms with Crippen LogP contribution in [0.2, 0.25) is 0 Å². The molecule has 5 heteroatoms. The molecule has 0 bridgehead atoms. The molecule has 11 heavy (non-hydrogen) atoms. The van der Waals surface area contributed by atoms with E-state index in [1.54, 1.807) is 13.8 Å². The van der Waals surface area contributed by atoms with Gasteiger partial charge in [0.05, 0.1) is 5.54 Å². The van der Waals surface area contributed by atoms with E-state index in [0.717, 1.165) is 13.1 Å². The topological polar surface area (TPSA) is 67.2 Å². The van der Waals surface area contributed by atoms with Gasteiger partial charge in [0, 0.05) is 36.0 Å². The summed E-state index contributed by atoms with van der Waals surface area (Å²) in [5, 5.41) is 3.02. The van der Waals surface area contributed by atoms with E-state index in [-0.39, 0.29) is 5.91 Å². The molecule has 0 radical (unpaired) electrons. The molecule has 0 aromatic rings. The van der Waals surface area contributed by atoms with Crippen LogP contribution in [-0.4, -0.2) is 24.5 Å². The highest BCUT2D eigenvalue weighted by Crippen LogP contribution is 1.98. The van der Waals surface area contributed by atoms with Crippen LogP contribution in [0.15, 0.2) is 0 Å². The normalized spacial score (nSPS) is 11.5. The first-order valence-electron chi connectivity index (χ1n) is 3.39. The average molecular weight is 271 g/mol. The first kappa shape index (κ1) is 11.1. The Labute approximate surface area is 80.8 Å². The number of amides is 1. The van der Waals surface area contributed by atoms with Gasteiger partial charge in [-0.3, -0.25) is 8.32 Å². The Morgan fingerprint density at radius 2 is 2.09 bits per heavy atom. The van der Waals surface area contributed by atoms with Crippen LogP contribution in [-0.2, 0) is 4.79 Å². The molecule has 0 spiro atoms. The molecule has 4 N–H and O–H groups in total. The summed E-state index contributed by atoms with van der Waals surface area (Å²) < 4.78 is 2.93. The monoisotopic (exact) mass is 271 g/mol. The average Bonchev–Trinajstić information content (AvgIpc) is 1.88. The fourth-order valence-electron chi connectivity index (χ4n) is 0.509. The van der Waals surface area contributed by atoms with Gasteiger partial charge in [-0.05, 0) is 13.8 Å². The van der Waals surface area contributed by atoms with Gasteiger partial charge < -0.3 is 11.1 Å². The van der Waals surface area contributed by atoms with Crippen molar-refractivity contribution in [2.24, 2.45) is 5.73 Å². The van der Waals surface area contributed by atoms with Crippen molar-refractivity contribution in [1.29, 1.82) is 0 Å². The fourth-order valence-corrected chi connectivity index (χ4v) is 0.779. The van der Waals surface area contributed by atoms with Gasteiger partial charge in [-0.15, -0.1) is 0 Å². The number of primary amides is 1. The second kappa shape index (κ2) is 4.89. The molecule has 66 valence electrons. The first-order valence-corrected chi connectivity index (χ1v) is 4.47.